The Labute approximate surface area is 73.0 Å². The van der Waals surface area contributed by atoms with Gasteiger partial charge in [0.2, 0.25) is 0 Å². The van der Waals surface area contributed by atoms with Gasteiger partial charge in [-0.15, -0.1) is 11.3 Å². The Kier molecular flexibility index (Phi) is 2.84. The highest BCUT2D eigenvalue weighted by Crippen LogP contribution is 2.18. The summed E-state index contributed by atoms with van der Waals surface area (Å²) in [6.07, 6.45) is 1.72. The molecule has 0 unspecified atom stereocenters. The predicted molar refractivity (Wildman–Crippen MR) is 42.8 cm³/mol. The summed E-state index contributed by atoms with van der Waals surface area (Å²) in [6.45, 7) is 0. The summed E-state index contributed by atoms with van der Waals surface area (Å²) < 4.78 is 5.03. The Bertz CT molecular complexity index is 261. The average molecular weight is 192 g/mol. The molecule has 0 saturated carbocycles. The van der Waals surface area contributed by atoms with Gasteiger partial charge in [-0.05, 0) is 0 Å². The number of carbonyl (C=O) groups excluding carboxylic acids is 1. The van der Waals surface area contributed by atoms with Crippen molar-refractivity contribution in [3.63, 3.8) is 0 Å². The van der Waals surface area contributed by atoms with Crippen LogP contribution in [0.3, 0.4) is 0 Å². The van der Waals surface area contributed by atoms with E-state index in [-0.39, 0.29) is 12.4 Å². The van der Waals surface area contributed by atoms with E-state index in [4.69, 9.17) is 11.6 Å². The monoisotopic (exact) mass is 191 g/mol. The Balaban J connectivity index is 2.57. The van der Waals surface area contributed by atoms with Crippen molar-refractivity contribution < 1.29 is 9.53 Å². The Hall–Kier alpha value is -0.610. The molecule has 1 aromatic heterocycles. The minimum atomic E-state index is -0.295. The third-order valence-corrected chi connectivity index (χ3v) is 2.16. The molecule has 0 aliphatic rings. The summed E-state index contributed by atoms with van der Waals surface area (Å²) in [5.41, 5.74) is 0. The fourth-order valence-electron chi connectivity index (χ4n) is 0.565. The summed E-state index contributed by atoms with van der Waals surface area (Å²) in [5, 5.41) is 0.682. The molecule has 1 aromatic rings. The van der Waals surface area contributed by atoms with Crippen molar-refractivity contribution in [2.45, 2.75) is 6.42 Å². The smallest absolute Gasteiger partial charge is 0.312 e. The second kappa shape index (κ2) is 3.69. The number of thiazole rings is 1. The van der Waals surface area contributed by atoms with E-state index >= 15 is 0 Å². The van der Waals surface area contributed by atoms with Crippen molar-refractivity contribution >= 4 is 28.9 Å². The van der Waals surface area contributed by atoms with Crippen LogP contribution in [0.15, 0.2) is 6.20 Å². The molecule has 0 aromatic carbocycles. The number of hydrogen-bond donors (Lipinski definition) is 0. The molecule has 0 radical (unpaired) electrons. The molecule has 0 N–H and O–H groups in total. The fourth-order valence-corrected chi connectivity index (χ4v) is 1.51. The van der Waals surface area contributed by atoms with Gasteiger partial charge in [0, 0.05) is 0 Å². The lowest BCUT2D eigenvalue weighted by Gasteiger charge is -1.92. The quantitative estimate of drug-likeness (QED) is 0.666. The van der Waals surface area contributed by atoms with E-state index in [1.54, 1.807) is 0 Å². The van der Waals surface area contributed by atoms with Gasteiger partial charge in [-0.1, -0.05) is 11.6 Å². The summed E-state index contributed by atoms with van der Waals surface area (Å²) >= 11 is 6.88. The van der Waals surface area contributed by atoms with E-state index in [2.05, 4.69) is 9.72 Å². The van der Waals surface area contributed by atoms with Crippen LogP contribution in [-0.4, -0.2) is 18.1 Å². The second-order valence-corrected chi connectivity index (χ2v) is 3.56. The van der Waals surface area contributed by atoms with Gasteiger partial charge in [0.25, 0.3) is 0 Å². The molecule has 0 aliphatic heterocycles. The highest BCUT2D eigenvalue weighted by molar-refractivity contribution is 7.15. The first kappa shape index (κ1) is 8.49. The lowest BCUT2D eigenvalue weighted by molar-refractivity contribution is -0.139. The lowest BCUT2D eigenvalue weighted by atomic mass is 10.5. The van der Waals surface area contributed by atoms with Gasteiger partial charge in [-0.25, -0.2) is 4.98 Å². The van der Waals surface area contributed by atoms with Crippen LogP contribution in [0.25, 0.3) is 0 Å². The maximum absolute atomic E-state index is 10.7. The number of halogens is 1. The number of carbonyl (C=O) groups is 1. The summed E-state index contributed by atoms with van der Waals surface area (Å²) in [5.74, 6) is -0.295. The van der Waals surface area contributed by atoms with Gasteiger partial charge in [0.1, 0.15) is 9.34 Å². The molecule has 0 spiro atoms. The van der Waals surface area contributed by atoms with Crippen LogP contribution in [0.1, 0.15) is 5.01 Å². The molecule has 0 aliphatic carbocycles. The van der Waals surface area contributed by atoms with Crippen LogP contribution in [-0.2, 0) is 16.0 Å². The van der Waals surface area contributed by atoms with Gasteiger partial charge in [-0.3, -0.25) is 4.79 Å². The summed E-state index contributed by atoms with van der Waals surface area (Å²) in [7, 11) is 1.34. The second-order valence-electron chi connectivity index (χ2n) is 1.81. The normalized spacial score (nSPS) is 9.64. The van der Waals surface area contributed by atoms with E-state index in [0.29, 0.717) is 9.34 Å². The van der Waals surface area contributed by atoms with Gasteiger partial charge in [0.05, 0.1) is 19.7 Å². The number of nitrogens with zero attached hydrogens (tertiary/aromatic N) is 1. The molecule has 60 valence electrons. The fraction of sp³-hybridized carbons (Fsp3) is 0.333. The molecule has 1 rings (SSSR count). The van der Waals surface area contributed by atoms with Gasteiger partial charge < -0.3 is 4.74 Å². The number of esters is 1. The zero-order valence-electron chi connectivity index (χ0n) is 5.83. The molecule has 1 heterocycles. The van der Waals surface area contributed by atoms with Crippen LogP contribution >= 0.6 is 22.9 Å². The number of hydrogen-bond acceptors (Lipinski definition) is 4. The number of methoxy groups -OCH3 is 1. The van der Waals surface area contributed by atoms with Crippen molar-refractivity contribution in [1.82, 2.24) is 4.98 Å². The average Bonchev–Trinajstić information content (AvgIpc) is 2.35. The van der Waals surface area contributed by atoms with E-state index < -0.39 is 0 Å². The molecule has 0 saturated heterocycles. The number of rotatable bonds is 2. The van der Waals surface area contributed by atoms with E-state index in [0.717, 1.165) is 0 Å². The SMILES string of the molecule is COC(=O)Cc1ncc(Cl)s1. The molecular weight excluding hydrogens is 186 g/mol. The minimum Gasteiger partial charge on any atom is -0.469 e. The number of aromatic nitrogens is 1. The van der Waals surface area contributed by atoms with E-state index in [9.17, 15) is 4.79 Å². The maximum Gasteiger partial charge on any atom is 0.312 e. The highest BCUT2D eigenvalue weighted by atomic mass is 35.5. The van der Waals surface area contributed by atoms with Crippen molar-refractivity contribution in [1.29, 1.82) is 0 Å². The largest absolute Gasteiger partial charge is 0.469 e. The maximum atomic E-state index is 10.7. The van der Waals surface area contributed by atoms with E-state index in [1.165, 1.54) is 24.6 Å². The van der Waals surface area contributed by atoms with Crippen LogP contribution in [0.4, 0.5) is 0 Å². The third-order valence-electron chi connectivity index (χ3n) is 1.05. The first-order chi connectivity index (χ1) is 5.22. The summed E-state index contributed by atoms with van der Waals surface area (Å²) in [6, 6.07) is 0. The molecule has 0 bridgehead atoms. The standard InChI is InChI=1S/C6H6ClNO2S/c1-10-6(9)2-5-8-3-4(7)11-5/h3H,2H2,1H3. The molecule has 11 heavy (non-hydrogen) atoms. The summed E-state index contributed by atoms with van der Waals surface area (Å²) in [4.78, 5) is 14.6. The van der Waals surface area contributed by atoms with Gasteiger partial charge in [0.15, 0.2) is 0 Å². The van der Waals surface area contributed by atoms with Crippen LogP contribution < -0.4 is 0 Å². The van der Waals surface area contributed by atoms with Crippen LogP contribution in [0, 0.1) is 0 Å². The van der Waals surface area contributed by atoms with Gasteiger partial charge in [-0.2, -0.15) is 0 Å². The third kappa shape index (κ3) is 2.48. The van der Waals surface area contributed by atoms with Crippen molar-refractivity contribution in [3.05, 3.63) is 15.5 Å². The van der Waals surface area contributed by atoms with Crippen molar-refractivity contribution in [2.75, 3.05) is 7.11 Å². The Morgan fingerprint density at radius 2 is 2.64 bits per heavy atom. The minimum absolute atomic E-state index is 0.202. The topological polar surface area (TPSA) is 39.2 Å². The highest BCUT2D eigenvalue weighted by Gasteiger charge is 2.05. The molecule has 0 fully saturated rings. The van der Waals surface area contributed by atoms with Crippen LogP contribution in [0.5, 0.6) is 0 Å². The first-order valence-corrected chi connectivity index (χ1v) is 4.09. The predicted octanol–water partition coefficient (Wildman–Crippen LogP) is 1.51. The zero-order chi connectivity index (χ0) is 8.27. The molecule has 0 amide bonds. The number of ether oxygens (including phenoxy) is 1. The Morgan fingerprint density at radius 3 is 3.09 bits per heavy atom. The van der Waals surface area contributed by atoms with Crippen molar-refractivity contribution in [2.24, 2.45) is 0 Å². The van der Waals surface area contributed by atoms with Gasteiger partial charge >= 0.3 is 5.97 Å². The first-order valence-electron chi connectivity index (χ1n) is 2.89. The van der Waals surface area contributed by atoms with Crippen molar-refractivity contribution in [3.8, 4) is 0 Å². The molecular formula is C6H6ClNO2S. The lowest BCUT2D eigenvalue weighted by Crippen LogP contribution is -2.03. The molecule has 3 nitrogen and oxygen atoms in total. The molecule has 5 heteroatoms. The Morgan fingerprint density at radius 1 is 1.91 bits per heavy atom. The molecule has 0 atom stereocenters. The zero-order valence-corrected chi connectivity index (χ0v) is 7.41. The van der Waals surface area contributed by atoms with Crippen LogP contribution in [0.2, 0.25) is 4.34 Å². The van der Waals surface area contributed by atoms with E-state index in [1.807, 2.05) is 0 Å².